The van der Waals surface area contributed by atoms with Crippen molar-refractivity contribution in [2.24, 2.45) is 11.8 Å². The second kappa shape index (κ2) is 10.7. The van der Waals surface area contributed by atoms with Gasteiger partial charge in [0.25, 0.3) is 0 Å². The third-order valence-corrected chi connectivity index (χ3v) is 5.46. The summed E-state index contributed by atoms with van der Waals surface area (Å²) in [4.78, 5) is 18.0. The maximum absolute atomic E-state index is 12.6. The zero-order valence-corrected chi connectivity index (χ0v) is 17.5. The second-order valence-electron chi connectivity index (χ2n) is 6.87. The van der Waals surface area contributed by atoms with Crippen LogP contribution in [-0.4, -0.2) is 48.5 Å². The molecule has 2 saturated heterocycles. The van der Waals surface area contributed by atoms with Crippen molar-refractivity contribution in [3.63, 3.8) is 0 Å². The number of nitrogens with zero attached hydrogens (tertiary/aromatic N) is 2. The zero-order valence-electron chi connectivity index (χ0n) is 15.1. The summed E-state index contributed by atoms with van der Waals surface area (Å²) >= 11 is 5.85. The summed E-state index contributed by atoms with van der Waals surface area (Å²) in [6, 6.07) is 0.834. The van der Waals surface area contributed by atoms with Crippen molar-refractivity contribution in [3.05, 3.63) is 22.8 Å². The molecule has 0 bridgehead atoms. The lowest BCUT2D eigenvalue weighted by Gasteiger charge is -2.21. The van der Waals surface area contributed by atoms with Crippen LogP contribution in [0.2, 0.25) is 5.02 Å². The predicted octanol–water partition coefficient (Wildman–Crippen LogP) is 3.86. The summed E-state index contributed by atoms with van der Waals surface area (Å²) in [5.41, 5.74) is -0.895. The summed E-state index contributed by atoms with van der Waals surface area (Å²) in [6.07, 6.45) is -1.46. The van der Waals surface area contributed by atoms with Crippen LogP contribution in [0.5, 0.6) is 0 Å². The van der Waals surface area contributed by atoms with Gasteiger partial charge in [-0.15, -0.1) is 24.8 Å². The molecule has 2 N–H and O–H groups in total. The quantitative estimate of drug-likeness (QED) is 0.712. The van der Waals surface area contributed by atoms with E-state index in [-0.39, 0.29) is 54.5 Å². The molecule has 2 atom stereocenters. The highest BCUT2D eigenvalue weighted by Gasteiger charge is 2.32. The number of carbonyl (C=O) groups excluding carboxylic acids is 1. The molecule has 28 heavy (non-hydrogen) atoms. The molecule has 2 fully saturated rings. The molecule has 0 radical (unpaired) electrons. The molecule has 0 spiro atoms. The Morgan fingerprint density at radius 2 is 1.86 bits per heavy atom. The molecule has 3 heterocycles. The zero-order chi connectivity index (χ0) is 18.7. The van der Waals surface area contributed by atoms with Crippen LogP contribution in [-0.2, 0) is 11.0 Å². The summed E-state index contributed by atoms with van der Waals surface area (Å²) in [5, 5.41) is 6.14. The van der Waals surface area contributed by atoms with Crippen LogP contribution in [0.1, 0.15) is 24.8 Å². The van der Waals surface area contributed by atoms with E-state index in [1.807, 2.05) is 4.90 Å². The highest BCUT2D eigenvalue weighted by molar-refractivity contribution is 6.32. The first kappa shape index (κ1) is 25.1. The van der Waals surface area contributed by atoms with E-state index in [9.17, 15) is 18.0 Å². The Morgan fingerprint density at radius 3 is 2.39 bits per heavy atom. The molecular formula is C17H24Cl3F3N4O. The highest BCUT2D eigenvalue weighted by atomic mass is 35.5. The van der Waals surface area contributed by atoms with E-state index in [1.54, 1.807) is 0 Å². The molecule has 2 aliphatic heterocycles. The van der Waals surface area contributed by atoms with Crippen LogP contribution in [0.4, 0.5) is 19.0 Å². The smallest absolute Gasteiger partial charge is 0.368 e. The maximum atomic E-state index is 12.6. The van der Waals surface area contributed by atoms with Gasteiger partial charge in [0.2, 0.25) is 5.91 Å². The maximum Gasteiger partial charge on any atom is 0.417 e. The summed E-state index contributed by atoms with van der Waals surface area (Å²) in [5.74, 6) is 1.51. The number of rotatable bonds is 4. The number of amides is 1. The second-order valence-corrected chi connectivity index (χ2v) is 7.27. The number of hydrogen-bond acceptors (Lipinski definition) is 4. The first-order valence-corrected chi connectivity index (χ1v) is 9.17. The number of anilines is 1. The largest absolute Gasteiger partial charge is 0.417 e. The molecule has 3 rings (SSSR count). The first-order valence-electron chi connectivity index (χ1n) is 8.79. The van der Waals surface area contributed by atoms with Gasteiger partial charge in [-0.2, -0.15) is 13.2 Å². The Morgan fingerprint density at radius 1 is 1.25 bits per heavy atom. The third-order valence-electron chi connectivity index (χ3n) is 5.17. The van der Waals surface area contributed by atoms with Crippen LogP contribution in [0.3, 0.4) is 0 Å². The Balaban J connectivity index is 0.00000196. The van der Waals surface area contributed by atoms with Gasteiger partial charge in [-0.05, 0) is 43.8 Å². The molecule has 1 aromatic rings. The molecule has 0 saturated carbocycles. The Kier molecular flexibility index (Phi) is 9.59. The fraction of sp³-hybridized carbons (Fsp3) is 0.647. The number of likely N-dealkylation sites (tertiary alicyclic amines) is 1. The minimum absolute atomic E-state index is 0. The number of carbonyl (C=O) groups is 1. The average Bonchev–Trinajstić information content (AvgIpc) is 2.93. The lowest BCUT2D eigenvalue weighted by Crippen LogP contribution is -2.33. The van der Waals surface area contributed by atoms with Crippen molar-refractivity contribution >= 4 is 48.1 Å². The van der Waals surface area contributed by atoms with E-state index in [2.05, 4.69) is 15.6 Å². The predicted molar refractivity (Wildman–Crippen MR) is 108 cm³/mol. The van der Waals surface area contributed by atoms with Crippen molar-refractivity contribution in [1.29, 1.82) is 0 Å². The molecular weight excluding hydrogens is 440 g/mol. The van der Waals surface area contributed by atoms with Gasteiger partial charge in [0, 0.05) is 32.3 Å². The van der Waals surface area contributed by atoms with Crippen molar-refractivity contribution in [3.8, 4) is 0 Å². The first-order chi connectivity index (χ1) is 12.3. The van der Waals surface area contributed by atoms with Gasteiger partial charge in [-0.1, -0.05) is 11.6 Å². The third kappa shape index (κ3) is 6.27. The van der Waals surface area contributed by atoms with Gasteiger partial charge in [0.1, 0.15) is 5.82 Å². The van der Waals surface area contributed by atoms with Gasteiger partial charge in [0.15, 0.2) is 0 Å². The number of pyridine rings is 1. The van der Waals surface area contributed by atoms with E-state index >= 15 is 0 Å². The van der Waals surface area contributed by atoms with Gasteiger partial charge in [-0.25, -0.2) is 4.98 Å². The Bertz CT molecular complexity index is 649. The minimum atomic E-state index is -4.48. The minimum Gasteiger partial charge on any atom is -0.368 e. The van der Waals surface area contributed by atoms with Gasteiger partial charge in [0.05, 0.1) is 10.6 Å². The summed E-state index contributed by atoms with van der Waals surface area (Å²) in [7, 11) is 0. The van der Waals surface area contributed by atoms with Crippen LogP contribution in [0, 0.1) is 11.8 Å². The van der Waals surface area contributed by atoms with Crippen molar-refractivity contribution in [1.82, 2.24) is 15.2 Å². The SMILES string of the molecule is Cl.Cl.O=C(CCNc1ncc(C(F)(F)F)cc1Cl)N1CC[C@@H]2CNC[C@@H]2CC1. The molecule has 1 aromatic heterocycles. The summed E-state index contributed by atoms with van der Waals surface area (Å²) < 4.78 is 37.8. The van der Waals surface area contributed by atoms with Crippen molar-refractivity contribution < 1.29 is 18.0 Å². The molecule has 0 aliphatic carbocycles. The fourth-order valence-electron chi connectivity index (χ4n) is 3.64. The molecule has 0 unspecified atom stereocenters. The lowest BCUT2D eigenvalue weighted by atomic mass is 9.92. The average molecular weight is 464 g/mol. The van der Waals surface area contributed by atoms with E-state index < -0.39 is 11.7 Å². The number of nitrogens with one attached hydrogen (secondary N) is 2. The van der Waals surface area contributed by atoms with E-state index in [0.717, 1.165) is 51.3 Å². The monoisotopic (exact) mass is 462 g/mol. The van der Waals surface area contributed by atoms with E-state index in [1.165, 1.54) is 0 Å². The van der Waals surface area contributed by atoms with Crippen LogP contribution >= 0.6 is 36.4 Å². The normalized spacial score (nSPS) is 21.8. The van der Waals surface area contributed by atoms with Crippen molar-refractivity contribution in [2.45, 2.75) is 25.4 Å². The highest BCUT2D eigenvalue weighted by Crippen LogP contribution is 2.32. The molecule has 5 nitrogen and oxygen atoms in total. The number of alkyl halides is 3. The van der Waals surface area contributed by atoms with Gasteiger partial charge in [-0.3, -0.25) is 4.79 Å². The fourth-order valence-corrected chi connectivity index (χ4v) is 3.87. The molecule has 1 amide bonds. The topological polar surface area (TPSA) is 57.3 Å². The van der Waals surface area contributed by atoms with Crippen molar-refractivity contribution in [2.75, 3.05) is 38.0 Å². The van der Waals surface area contributed by atoms with Gasteiger partial charge >= 0.3 is 6.18 Å². The summed E-state index contributed by atoms with van der Waals surface area (Å²) in [6.45, 7) is 3.88. The molecule has 160 valence electrons. The molecule has 11 heteroatoms. The van der Waals surface area contributed by atoms with E-state index in [0.29, 0.717) is 11.8 Å². The Hall–Kier alpha value is -0.960. The van der Waals surface area contributed by atoms with Gasteiger partial charge < -0.3 is 15.5 Å². The Labute approximate surface area is 179 Å². The van der Waals surface area contributed by atoms with Crippen LogP contribution in [0.25, 0.3) is 0 Å². The number of aromatic nitrogens is 1. The van der Waals surface area contributed by atoms with E-state index in [4.69, 9.17) is 11.6 Å². The molecule has 2 aliphatic rings. The van der Waals surface area contributed by atoms with Crippen LogP contribution < -0.4 is 10.6 Å². The number of hydrogen-bond donors (Lipinski definition) is 2. The van der Waals surface area contributed by atoms with Crippen LogP contribution in [0.15, 0.2) is 12.3 Å². The lowest BCUT2D eigenvalue weighted by molar-refractivity contribution is -0.137. The number of fused-ring (bicyclic) bond motifs is 1. The number of halogens is 6. The standard InChI is InChI=1S/C17H22ClF3N4O.2ClH/c18-14-7-13(17(19,20)21)10-24-16(14)23-4-1-15(26)25-5-2-11-8-22-9-12(11)3-6-25;;/h7,10-12,22H,1-6,8-9H2,(H,23,24);2*1H/t11-,12+;;. The molecule has 0 aromatic carbocycles.